The molecule has 1 aliphatic heterocycles. The number of pyridine rings is 1. The lowest BCUT2D eigenvalue weighted by Gasteiger charge is -2.29. The molecule has 0 saturated carbocycles. The molecule has 6 nitrogen and oxygen atoms in total. The molecule has 1 aromatic carbocycles. The molecule has 1 saturated heterocycles. The summed E-state index contributed by atoms with van der Waals surface area (Å²) in [4.78, 5) is 18.7. The van der Waals surface area contributed by atoms with Gasteiger partial charge in [0.05, 0.1) is 26.2 Å². The van der Waals surface area contributed by atoms with Gasteiger partial charge in [0, 0.05) is 31.4 Å². The summed E-state index contributed by atoms with van der Waals surface area (Å²) in [6.45, 7) is 3.88. The normalized spacial score (nSPS) is 14.2. The number of benzene rings is 1. The second-order valence-corrected chi connectivity index (χ2v) is 5.77. The van der Waals surface area contributed by atoms with Crippen molar-refractivity contribution >= 4 is 11.7 Å². The number of morpholine rings is 1. The van der Waals surface area contributed by atoms with Crippen LogP contribution in [0.3, 0.4) is 0 Å². The van der Waals surface area contributed by atoms with Crippen LogP contribution in [-0.4, -0.2) is 43.8 Å². The van der Waals surface area contributed by atoms with Gasteiger partial charge in [-0.3, -0.25) is 4.79 Å². The van der Waals surface area contributed by atoms with E-state index in [0.29, 0.717) is 32.8 Å². The highest BCUT2D eigenvalue weighted by molar-refractivity contribution is 5.76. The minimum absolute atomic E-state index is 0.0345. The first-order valence-corrected chi connectivity index (χ1v) is 8.54. The molecule has 2 heterocycles. The summed E-state index contributed by atoms with van der Waals surface area (Å²) in [5.41, 5.74) is 1.02. The zero-order valence-corrected chi connectivity index (χ0v) is 14.2. The van der Waals surface area contributed by atoms with Crippen molar-refractivity contribution in [1.82, 2.24) is 10.3 Å². The Kier molecular flexibility index (Phi) is 6.23. The maximum Gasteiger partial charge on any atom is 0.223 e. The highest BCUT2D eigenvalue weighted by atomic mass is 16.5. The molecule has 0 atom stereocenters. The highest BCUT2D eigenvalue weighted by Gasteiger charge is 2.16. The summed E-state index contributed by atoms with van der Waals surface area (Å²) in [7, 11) is 0. The molecule has 2 aromatic rings. The Bertz CT molecular complexity index is 673. The second kappa shape index (κ2) is 9.03. The van der Waals surface area contributed by atoms with Gasteiger partial charge in [0.1, 0.15) is 11.6 Å². The molecule has 1 fully saturated rings. The smallest absolute Gasteiger partial charge is 0.223 e. The van der Waals surface area contributed by atoms with E-state index in [4.69, 9.17) is 9.47 Å². The molecule has 1 N–H and O–H groups in total. The maximum absolute atomic E-state index is 12.0. The van der Waals surface area contributed by atoms with Crippen LogP contribution in [0.15, 0.2) is 48.7 Å². The van der Waals surface area contributed by atoms with Crippen LogP contribution in [0.1, 0.15) is 12.0 Å². The number of hydrogen-bond acceptors (Lipinski definition) is 5. The first-order valence-electron chi connectivity index (χ1n) is 8.54. The van der Waals surface area contributed by atoms with E-state index in [1.54, 1.807) is 6.20 Å². The number of anilines is 1. The second-order valence-electron chi connectivity index (χ2n) is 5.77. The fourth-order valence-corrected chi connectivity index (χ4v) is 2.69. The predicted octanol–water partition coefficient (Wildman–Crippen LogP) is 2.00. The molecule has 0 aliphatic carbocycles. The lowest BCUT2D eigenvalue weighted by Crippen LogP contribution is -2.37. The van der Waals surface area contributed by atoms with E-state index >= 15 is 0 Å². The molecule has 6 heteroatoms. The molecule has 0 radical (unpaired) electrons. The minimum atomic E-state index is -0.0345. The monoisotopic (exact) mass is 341 g/mol. The molecule has 25 heavy (non-hydrogen) atoms. The van der Waals surface area contributed by atoms with E-state index in [-0.39, 0.29) is 5.91 Å². The largest absolute Gasteiger partial charge is 0.493 e. The number of rotatable bonds is 7. The number of amides is 1. The van der Waals surface area contributed by atoms with Crippen molar-refractivity contribution in [3.05, 3.63) is 54.2 Å². The molecule has 0 bridgehead atoms. The molecule has 1 aliphatic rings. The fraction of sp³-hybridized carbons (Fsp3) is 0.368. The average molecular weight is 341 g/mol. The third-order valence-corrected chi connectivity index (χ3v) is 4.00. The zero-order chi connectivity index (χ0) is 17.3. The van der Waals surface area contributed by atoms with E-state index < -0.39 is 0 Å². The molecule has 0 spiro atoms. The SMILES string of the molecule is O=C(CCOc1ccccc1)NCc1cccnc1N1CCOCC1. The number of ether oxygens (including phenoxy) is 2. The van der Waals surface area contributed by atoms with Crippen LogP contribution in [0.4, 0.5) is 5.82 Å². The Morgan fingerprint density at radius 1 is 1.16 bits per heavy atom. The van der Waals surface area contributed by atoms with Crippen molar-refractivity contribution in [3.8, 4) is 5.75 Å². The van der Waals surface area contributed by atoms with Gasteiger partial charge in [0.15, 0.2) is 0 Å². The van der Waals surface area contributed by atoms with Gasteiger partial charge in [-0.1, -0.05) is 24.3 Å². The Morgan fingerprint density at radius 2 is 1.96 bits per heavy atom. The maximum atomic E-state index is 12.0. The lowest BCUT2D eigenvalue weighted by molar-refractivity contribution is -0.121. The van der Waals surface area contributed by atoms with Gasteiger partial charge in [0.2, 0.25) is 5.91 Å². The van der Waals surface area contributed by atoms with Crippen molar-refractivity contribution in [2.75, 3.05) is 37.8 Å². The summed E-state index contributed by atoms with van der Waals surface area (Å²) in [6, 6.07) is 13.4. The third kappa shape index (κ3) is 5.19. The van der Waals surface area contributed by atoms with Crippen molar-refractivity contribution in [1.29, 1.82) is 0 Å². The van der Waals surface area contributed by atoms with Crippen molar-refractivity contribution in [2.24, 2.45) is 0 Å². The van der Waals surface area contributed by atoms with Crippen LogP contribution in [0.5, 0.6) is 5.75 Å². The van der Waals surface area contributed by atoms with Crippen LogP contribution < -0.4 is 15.0 Å². The molecule has 0 unspecified atom stereocenters. The van der Waals surface area contributed by atoms with Gasteiger partial charge in [-0.25, -0.2) is 4.98 Å². The van der Waals surface area contributed by atoms with E-state index in [0.717, 1.165) is 30.2 Å². The minimum Gasteiger partial charge on any atom is -0.493 e. The summed E-state index contributed by atoms with van der Waals surface area (Å²) in [6.07, 6.45) is 2.10. The van der Waals surface area contributed by atoms with Crippen LogP contribution in [0.2, 0.25) is 0 Å². The van der Waals surface area contributed by atoms with Gasteiger partial charge in [-0.05, 0) is 18.2 Å². The first kappa shape index (κ1) is 17.2. The van der Waals surface area contributed by atoms with Gasteiger partial charge in [-0.15, -0.1) is 0 Å². The Hall–Kier alpha value is -2.60. The van der Waals surface area contributed by atoms with Gasteiger partial charge >= 0.3 is 0 Å². The third-order valence-electron chi connectivity index (χ3n) is 4.00. The van der Waals surface area contributed by atoms with E-state index in [1.807, 2.05) is 42.5 Å². The number of carbonyl (C=O) groups is 1. The number of aromatic nitrogens is 1. The Balaban J connectivity index is 1.47. The zero-order valence-electron chi connectivity index (χ0n) is 14.2. The number of nitrogens with zero attached hydrogens (tertiary/aromatic N) is 2. The van der Waals surface area contributed by atoms with Crippen LogP contribution in [0.25, 0.3) is 0 Å². The van der Waals surface area contributed by atoms with Crippen molar-refractivity contribution < 1.29 is 14.3 Å². The lowest BCUT2D eigenvalue weighted by atomic mass is 10.2. The number of para-hydroxylation sites is 1. The fourth-order valence-electron chi connectivity index (χ4n) is 2.69. The summed E-state index contributed by atoms with van der Waals surface area (Å²) >= 11 is 0. The molecular formula is C19H23N3O3. The number of hydrogen-bond donors (Lipinski definition) is 1. The topological polar surface area (TPSA) is 63.7 Å². The van der Waals surface area contributed by atoms with E-state index in [1.165, 1.54) is 0 Å². The van der Waals surface area contributed by atoms with Gasteiger partial charge < -0.3 is 19.7 Å². The van der Waals surface area contributed by atoms with Crippen LogP contribution in [-0.2, 0) is 16.1 Å². The van der Waals surface area contributed by atoms with E-state index in [2.05, 4.69) is 15.2 Å². The van der Waals surface area contributed by atoms with Gasteiger partial charge in [-0.2, -0.15) is 0 Å². The number of nitrogens with one attached hydrogen (secondary N) is 1. The van der Waals surface area contributed by atoms with Crippen LogP contribution in [0, 0.1) is 0 Å². The predicted molar refractivity (Wildman–Crippen MR) is 95.7 cm³/mol. The molecule has 1 amide bonds. The quantitative estimate of drug-likeness (QED) is 0.835. The first-order chi connectivity index (χ1) is 12.3. The molecule has 132 valence electrons. The van der Waals surface area contributed by atoms with E-state index in [9.17, 15) is 4.79 Å². The molecular weight excluding hydrogens is 318 g/mol. The highest BCUT2D eigenvalue weighted by Crippen LogP contribution is 2.18. The average Bonchev–Trinajstić information content (AvgIpc) is 2.68. The summed E-state index contributed by atoms with van der Waals surface area (Å²) < 4.78 is 10.9. The van der Waals surface area contributed by atoms with Gasteiger partial charge in [0.25, 0.3) is 0 Å². The molecule has 1 aromatic heterocycles. The Morgan fingerprint density at radius 3 is 2.76 bits per heavy atom. The van der Waals surface area contributed by atoms with Crippen LogP contribution >= 0.6 is 0 Å². The summed E-state index contributed by atoms with van der Waals surface area (Å²) in [5, 5.41) is 2.95. The molecule has 3 rings (SSSR count). The number of carbonyl (C=O) groups excluding carboxylic acids is 1. The Labute approximate surface area is 147 Å². The standard InChI is InChI=1S/C19H23N3O3/c23-18(8-12-25-17-6-2-1-3-7-17)21-15-16-5-4-9-20-19(16)22-10-13-24-14-11-22/h1-7,9H,8,10-15H2,(H,21,23). The van der Waals surface area contributed by atoms with Crippen molar-refractivity contribution in [3.63, 3.8) is 0 Å². The summed E-state index contributed by atoms with van der Waals surface area (Å²) in [5.74, 6) is 1.66. The van der Waals surface area contributed by atoms with Crippen molar-refractivity contribution in [2.45, 2.75) is 13.0 Å².